The zero-order valence-electron chi connectivity index (χ0n) is 41.1. The van der Waals surface area contributed by atoms with Gasteiger partial charge in [0.15, 0.2) is 40.3 Å². The number of nitrogens with one attached hydrogen (secondary N) is 1. The zero-order valence-corrected chi connectivity index (χ0v) is 43.6. The van der Waals surface area contributed by atoms with Gasteiger partial charge in [-0.3, -0.25) is 9.59 Å². The highest BCUT2D eigenvalue weighted by molar-refractivity contribution is 7.63. The molecule has 3 aromatic heterocycles. The molecule has 4 aromatic rings. The molecule has 0 radical (unpaired) electrons. The van der Waals surface area contributed by atoms with E-state index in [1.165, 1.54) is 0 Å². The number of carbonyl (C=O) groups excluding carboxylic acids is 2. The van der Waals surface area contributed by atoms with E-state index in [0.29, 0.717) is 153 Å². The van der Waals surface area contributed by atoms with Crippen LogP contribution in [-0.4, -0.2) is 198 Å². The Hall–Kier alpha value is -3.93. The SMILES string of the molecule is O=C(CCOCCOCCOCCOCCn1cc(COCCOCCOCCOCCNC(=O)C2CCCN2c2nc(Cl)nc3c2cnn3C2CCC(COP(O)CP(O)O)O2)nn1)Oc1c(F)cc(F)cc1F. The maximum atomic E-state index is 13.6. The van der Waals surface area contributed by atoms with Crippen molar-refractivity contribution in [3.05, 3.63) is 53.0 Å². The summed E-state index contributed by atoms with van der Waals surface area (Å²) in [7, 11) is -4.21. The first kappa shape index (κ1) is 60.3. The average molecular weight is 1130 g/mol. The minimum absolute atomic E-state index is 0.00596. The van der Waals surface area contributed by atoms with Crippen LogP contribution in [0.3, 0.4) is 0 Å². The molecule has 1 aromatic carbocycles. The summed E-state index contributed by atoms with van der Waals surface area (Å²) in [5, 5.41) is 16.3. The fourth-order valence-corrected chi connectivity index (χ4v) is 9.19. The van der Waals surface area contributed by atoms with E-state index in [1.54, 1.807) is 21.8 Å². The van der Waals surface area contributed by atoms with E-state index in [-0.39, 0.29) is 62.7 Å². The summed E-state index contributed by atoms with van der Waals surface area (Å²) in [4.78, 5) is 64.1. The van der Waals surface area contributed by atoms with Gasteiger partial charge in [-0.05, 0) is 37.3 Å². The molecule has 2 fully saturated rings. The first-order valence-electron chi connectivity index (χ1n) is 24.2. The molecule has 4 N–H and O–H groups in total. The molecule has 1 amide bonds. The number of hydrogen-bond donors (Lipinski definition) is 4. The second-order valence-electron chi connectivity index (χ2n) is 16.5. The number of ether oxygens (including phenoxy) is 10. The largest absolute Gasteiger partial charge is 0.420 e. The molecule has 4 unspecified atom stereocenters. The fourth-order valence-electron chi connectivity index (χ4n) is 7.50. The van der Waals surface area contributed by atoms with E-state index < -0.39 is 58.2 Å². The third-order valence-electron chi connectivity index (χ3n) is 11.0. The van der Waals surface area contributed by atoms with Gasteiger partial charge in [-0.25, -0.2) is 22.5 Å². The Morgan fingerprint density at radius 3 is 2.09 bits per heavy atom. The Labute approximate surface area is 437 Å². The molecule has 418 valence electrons. The number of hydrogen-bond acceptors (Lipinski definition) is 22. The van der Waals surface area contributed by atoms with Crippen LogP contribution in [0.5, 0.6) is 5.75 Å². The van der Waals surface area contributed by atoms with E-state index in [2.05, 4.69) is 35.4 Å². The molecule has 25 nitrogen and oxygen atoms in total. The Balaban J connectivity index is 0.700. The molecule has 0 bridgehead atoms. The normalized spacial score (nSPS) is 17.2. The average Bonchev–Trinajstić information content (AvgIpc) is 4.22. The van der Waals surface area contributed by atoms with Crippen molar-refractivity contribution in [1.29, 1.82) is 0 Å². The van der Waals surface area contributed by atoms with Crippen LogP contribution in [-0.2, 0) is 69.9 Å². The van der Waals surface area contributed by atoms with Gasteiger partial charge in [-0.15, -0.1) is 5.10 Å². The minimum Gasteiger partial charge on any atom is -0.420 e. The third-order valence-corrected chi connectivity index (χ3v) is 13.6. The van der Waals surface area contributed by atoms with Crippen molar-refractivity contribution >= 4 is 57.1 Å². The number of amides is 1. The van der Waals surface area contributed by atoms with Crippen molar-refractivity contribution in [2.45, 2.75) is 63.6 Å². The van der Waals surface area contributed by atoms with Gasteiger partial charge < -0.3 is 76.8 Å². The van der Waals surface area contributed by atoms with E-state index in [9.17, 15) is 27.7 Å². The quantitative estimate of drug-likeness (QED) is 0.0165. The zero-order chi connectivity index (χ0) is 53.2. The van der Waals surface area contributed by atoms with Crippen LogP contribution in [0.2, 0.25) is 5.28 Å². The number of fused-ring (bicyclic) bond motifs is 1. The highest BCUT2D eigenvalue weighted by Crippen LogP contribution is 2.44. The molecular weight excluding hydrogens is 1060 g/mol. The minimum atomic E-state index is -2.25. The summed E-state index contributed by atoms with van der Waals surface area (Å²) in [6.45, 7) is 6.42. The van der Waals surface area contributed by atoms with Crippen LogP contribution in [0.4, 0.5) is 19.0 Å². The van der Waals surface area contributed by atoms with Crippen LogP contribution in [0, 0.1) is 17.5 Å². The van der Waals surface area contributed by atoms with E-state index >= 15 is 0 Å². The monoisotopic (exact) mass is 1130 g/mol. The molecule has 31 heteroatoms. The Morgan fingerprint density at radius 2 is 1.43 bits per heavy atom. The lowest BCUT2D eigenvalue weighted by Gasteiger charge is -2.25. The predicted molar refractivity (Wildman–Crippen MR) is 260 cm³/mol. The molecule has 2 aliphatic rings. The number of nitrogens with zero attached hydrogens (tertiary/aromatic N) is 8. The lowest BCUT2D eigenvalue weighted by Crippen LogP contribution is -2.44. The van der Waals surface area contributed by atoms with E-state index in [4.69, 9.17) is 68.5 Å². The molecule has 0 aliphatic carbocycles. The molecule has 0 saturated carbocycles. The van der Waals surface area contributed by atoms with Crippen molar-refractivity contribution in [3.63, 3.8) is 0 Å². The molecule has 2 aliphatic heterocycles. The van der Waals surface area contributed by atoms with Crippen molar-refractivity contribution in [3.8, 4) is 5.75 Å². The number of aromatic nitrogens is 7. The number of rotatable bonds is 38. The Kier molecular flexibility index (Phi) is 26.8. The topological polar surface area (TPSA) is 286 Å². The fraction of sp³-hybridized carbons (Fsp3) is 0.659. The third kappa shape index (κ3) is 21.1. The summed E-state index contributed by atoms with van der Waals surface area (Å²) >= 11 is 6.41. The van der Waals surface area contributed by atoms with Crippen LogP contribution >= 0.6 is 28.4 Å². The number of anilines is 1. The highest BCUT2D eigenvalue weighted by atomic mass is 35.5. The van der Waals surface area contributed by atoms with Gasteiger partial charge in [0.25, 0.3) is 0 Å². The lowest BCUT2D eigenvalue weighted by atomic mass is 10.2. The standard InChI is InChI=1S/C44H63ClF3N9O16P2/c45-44-51-41(34-26-50-57(42(34)52-44)38-4-3-33(72-38)29-71-75(62)30-74(60)61)56-7-1-2-37(56)43(59)49-6-10-64-13-16-67-20-21-69-22-23-70-28-32-27-55(54-53-32)8-11-65-14-17-68-19-18-66-15-12-63-9-5-39(58)73-40-35(47)24-31(46)25-36(40)48/h24-27,33,37-38,60-62H,1-23,28-30H2,(H,49,59). The van der Waals surface area contributed by atoms with Gasteiger partial charge >= 0.3 is 5.97 Å². The molecule has 5 heterocycles. The van der Waals surface area contributed by atoms with Gasteiger partial charge in [0.05, 0.1) is 155 Å². The molecule has 4 atom stereocenters. The molecule has 6 rings (SSSR count). The molecule has 75 heavy (non-hydrogen) atoms. The Bertz CT molecular complexity index is 2310. The second-order valence-corrected chi connectivity index (χ2v) is 19.6. The summed E-state index contributed by atoms with van der Waals surface area (Å²) < 4.78 is 104. The van der Waals surface area contributed by atoms with Crippen molar-refractivity contribution in [2.75, 3.05) is 130 Å². The maximum absolute atomic E-state index is 13.6. The van der Waals surface area contributed by atoms with Crippen molar-refractivity contribution in [1.82, 2.24) is 40.1 Å². The van der Waals surface area contributed by atoms with Gasteiger partial charge in [0.1, 0.15) is 23.4 Å². The highest BCUT2D eigenvalue weighted by Gasteiger charge is 2.35. The summed E-state index contributed by atoms with van der Waals surface area (Å²) in [6.07, 6.45) is 4.99. The van der Waals surface area contributed by atoms with Gasteiger partial charge in [-0.1, -0.05) is 5.21 Å². The lowest BCUT2D eigenvalue weighted by molar-refractivity contribution is -0.136. The second kappa shape index (κ2) is 33.4. The maximum Gasteiger partial charge on any atom is 0.313 e. The van der Waals surface area contributed by atoms with Crippen molar-refractivity contribution < 1.29 is 89.3 Å². The van der Waals surface area contributed by atoms with Crippen LogP contribution in [0.15, 0.2) is 24.5 Å². The van der Waals surface area contributed by atoms with Crippen molar-refractivity contribution in [2.24, 2.45) is 0 Å². The van der Waals surface area contributed by atoms with Gasteiger partial charge in [0.2, 0.25) is 16.9 Å². The first-order chi connectivity index (χ1) is 36.4. The van der Waals surface area contributed by atoms with E-state index in [1.807, 2.05) is 4.90 Å². The number of carbonyl (C=O) groups is 2. The summed E-state index contributed by atoms with van der Waals surface area (Å²) in [5.41, 5.74) is 1.13. The van der Waals surface area contributed by atoms with Crippen LogP contribution in [0.1, 0.15) is 44.0 Å². The first-order valence-corrected chi connectivity index (χ1v) is 27.4. The number of esters is 1. The molecule has 2 saturated heterocycles. The molecule has 0 spiro atoms. The van der Waals surface area contributed by atoms with Gasteiger partial charge in [0, 0.05) is 25.2 Å². The van der Waals surface area contributed by atoms with Gasteiger partial charge in [-0.2, -0.15) is 15.1 Å². The predicted octanol–water partition coefficient (Wildman–Crippen LogP) is 3.15. The summed E-state index contributed by atoms with van der Waals surface area (Å²) in [6, 6.07) is 0.361. The van der Waals surface area contributed by atoms with E-state index in [0.717, 1.165) is 6.42 Å². The smallest absolute Gasteiger partial charge is 0.313 e. The molecular formula is C44H63ClF3N9O16P2. The van der Waals surface area contributed by atoms with Crippen LogP contribution < -0.4 is 15.0 Å². The number of benzene rings is 1. The number of halogens is 4. The van der Waals surface area contributed by atoms with Crippen LogP contribution in [0.25, 0.3) is 11.0 Å². The summed E-state index contributed by atoms with van der Waals surface area (Å²) in [5.74, 6) is -5.48. The Morgan fingerprint density at radius 1 is 0.800 bits per heavy atom.